The van der Waals surface area contributed by atoms with Crippen LogP contribution in [0.4, 0.5) is 0 Å². The van der Waals surface area contributed by atoms with E-state index >= 15 is 0 Å². The highest BCUT2D eigenvalue weighted by atomic mass is 32.2. The van der Waals surface area contributed by atoms with Crippen molar-refractivity contribution in [3.63, 3.8) is 0 Å². The first-order chi connectivity index (χ1) is 16.0. The first-order valence-corrected chi connectivity index (χ1v) is 12.0. The average Bonchev–Trinajstić information content (AvgIpc) is 3.36. The van der Waals surface area contributed by atoms with Crippen LogP contribution in [0.15, 0.2) is 72.3 Å². The number of para-hydroxylation sites is 1. The molecule has 0 saturated carbocycles. The van der Waals surface area contributed by atoms with Crippen LogP contribution in [0.2, 0.25) is 0 Å². The van der Waals surface area contributed by atoms with E-state index in [-0.39, 0.29) is 5.91 Å². The molecule has 3 aromatic rings. The largest absolute Gasteiger partial charge is 0.493 e. The molecule has 7 heteroatoms. The molecule has 1 aliphatic rings. The molecular weight excluding hydrogens is 450 g/mol. The lowest BCUT2D eigenvalue weighted by Crippen LogP contribution is -2.27. The molecule has 0 unspecified atom stereocenters. The number of carbonyl (C=O) groups excluding carboxylic acids is 1. The highest BCUT2D eigenvalue weighted by molar-refractivity contribution is 8.26. The van der Waals surface area contributed by atoms with Gasteiger partial charge in [0, 0.05) is 23.9 Å². The molecule has 1 amide bonds. The highest BCUT2D eigenvalue weighted by Crippen LogP contribution is 2.35. The van der Waals surface area contributed by atoms with Crippen LogP contribution in [-0.4, -0.2) is 38.1 Å². The van der Waals surface area contributed by atoms with Gasteiger partial charge in [-0.05, 0) is 55.3 Å². The highest BCUT2D eigenvalue weighted by Gasteiger charge is 2.31. The van der Waals surface area contributed by atoms with E-state index in [9.17, 15) is 4.79 Å². The van der Waals surface area contributed by atoms with E-state index in [1.807, 2.05) is 66.3 Å². The van der Waals surface area contributed by atoms with Crippen molar-refractivity contribution >= 4 is 40.3 Å². The van der Waals surface area contributed by atoms with Crippen molar-refractivity contribution in [2.24, 2.45) is 0 Å². The maximum Gasteiger partial charge on any atom is 0.266 e. The van der Waals surface area contributed by atoms with Gasteiger partial charge in [0.1, 0.15) is 15.8 Å². The van der Waals surface area contributed by atoms with Gasteiger partial charge < -0.3 is 4.74 Å². The molecule has 168 valence electrons. The number of thioether (sulfide) groups is 1. The summed E-state index contributed by atoms with van der Waals surface area (Å²) in [7, 11) is 0. The van der Waals surface area contributed by atoms with E-state index in [0.29, 0.717) is 22.4 Å². The molecule has 2 heterocycles. The molecule has 0 spiro atoms. The molecule has 0 radical (unpaired) electrons. The third kappa shape index (κ3) is 4.94. The van der Waals surface area contributed by atoms with Crippen molar-refractivity contribution in [1.29, 1.82) is 0 Å². The molecule has 33 heavy (non-hydrogen) atoms. The molecular formula is C26H25N3O2S2. The number of nitrogens with zero attached hydrogens (tertiary/aromatic N) is 3. The van der Waals surface area contributed by atoms with Crippen molar-refractivity contribution in [2.75, 3.05) is 13.2 Å². The Kier molecular flexibility index (Phi) is 7.11. The van der Waals surface area contributed by atoms with Crippen LogP contribution in [0.25, 0.3) is 23.0 Å². The fourth-order valence-corrected chi connectivity index (χ4v) is 4.79. The van der Waals surface area contributed by atoms with Crippen molar-refractivity contribution < 1.29 is 9.53 Å². The Balaban J connectivity index is 1.78. The fourth-order valence-electron chi connectivity index (χ4n) is 3.53. The van der Waals surface area contributed by atoms with E-state index in [0.717, 1.165) is 40.2 Å². The van der Waals surface area contributed by atoms with Crippen molar-refractivity contribution in [2.45, 2.75) is 20.3 Å². The van der Waals surface area contributed by atoms with Crippen LogP contribution >= 0.6 is 24.0 Å². The van der Waals surface area contributed by atoms with E-state index in [1.54, 1.807) is 11.0 Å². The van der Waals surface area contributed by atoms with Crippen LogP contribution in [-0.2, 0) is 4.79 Å². The first-order valence-electron chi connectivity index (χ1n) is 10.8. The zero-order valence-electron chi connectivity index (χ0n) is 18.7. The predicted octanol–water partition coefficient (Wildman–Crippen LogP) is 6.02. The number of hydrogen-bond donors (Lipinski definition) is 0. The Morgan fingerprint density at radius 1 is 1.21 bits per heavy atom. The lowest BCUT2D eigenvalue weighted by Gasteiger charge is -2.10. The number of thiocarbonyl (C=S) groups is 1. The number of hydrogen-bond acceptors (Lipinski definition) is 5. The summed E-state index contributed by atoms with van der Waals surface area (Å²) in [4.78, 5) is 15.0. The summed E-state index contributed by atoms with van der Waals surface area (Å²) in [6.45, 7) is 8.92. The summed E-state index contributed by atoms with van der Waals surface area (Å²) in [5, 5.41) is 4.87. The van der Waals surface area contributed by atoms with Crippen molar-refractivity contribution in [3.8, 4) is 22.7 Å². The smallest absolute Gasteiger partial charge is 0.266 e. The van der Waals surface area contributed by atoms with E-state index < -0.39 is 0 Å². The molecule has 1 aromatic heterocycles. The van der Waals surface area contributed by atoms with Crippen LogP contribution in [0.1, 0.15) is 24.5 Å². The minimum Gasteiger partial charge on any atom is -0.493 e. The van der Waals surface area contributed by atoms with Gasteiger partial charge in [0.05, 0.1) is 17.2 Å². The quantitative estimate of drug-likeness (QED) is 0.226. The molecule has 2 aromatic carbocycles. The number of carbonyl (C=O) groups is 1. The monoisotopic (exact) mass is 475 g/mol. The van der Waals surface area contributed by atoms with Gasteiger partial charge in [-0.3, -0.25) is 9.69 Å². The maximum atomic E-state index is 12.9. The van der Waals surface area contributed by atoms with Crippen molar-refractivity contribution in [3.05, 3.63) is 83.4 Å². The summed E-state index contributed by atoms with van der Waals surface area (Å²) in [6, 6.07) is 16.0. The molecule has 1 aliphatic heterocycles. The molecule has 4 rings (SSSR count). The second-order valence-electron chi connectivity index (χ2n) is 7.62. The Labute approximate surface area is 203 Å². The average molecular weight is 476 g/mol. The summed E-state index contributed by atoms with van der Waals surface area (Å²) >= 11 is 6.70. The van der Waals surface area contributed by atoms with Crippen LogP contribution in [0, 0.1) is 6.92 Å². The Hall–Kier alpha value is -3.16. The molecule has 0 atom stereocenters. The number of amides is 1. The third-order valence-electron chi connectivity index (χ3n) is 5.15. The van der Waals surface area contributed by atoms with E-state index in [2.05, 4.69) is 19.6 Å². The fraction of sp³-hybridized carbons (Fsp3) is 0.192. The van der Waals surface area contributed by atoms with Crippen LogP contribution in [0.5, 0.6) is 5.75 Å². The second kappa shape index (κ2) is 10.2. The lowest BCUT2D eigenvalue weighted by molar-refractivity contribution is -0.121. The van der Waals surface area contributed by atoms with Crippen LogP contribution < -0.4 is 4.74 Å². The molecule has 1 fully saturated rings. The van der Waals surface area contributed by atoms with E-state index in [4.69, 9.17) is 22.1 Å². The summed E-state index contributed by atoms with van der Waals surface area (Å²) in [6.07, 6.45) is 6.46. The molecule has 0 N–H and O–H groups in total. The van der Waals surface area contributed by atoms with Gasteiger partial charge in [-0.2, -0.15) is 5.10 Å². The van der Waals surface area contributed by atoms with Crippen LogP contribution in [0.3, 0.4) is 0 Å². The summed E-state index contributed by atoms with van der Waals surface area (Å²) < 4.78 is 8.21. The number of rotatable bonds is 8. The SMILES string of the molecule is C=CCN1C(=O)C(=Cc2cn(-c3ccccc3)nc2-c2ccc(OCCC)c(C)c2)SC1=S. The number of aromatic nitrogens is 2. The number of ether oxygens (including phenoxy) is 1. The Bertz CT molecular complexity index is 1230. The van der Waals surface area contributed by atoms with Gasteiger partial charge in [-0.15, -0.1) is 6.58 Å². The number of aryl methyl sites for hydroxylation is 1. The number of benzene rings is 2. The Morgan fingerprint density at radius 2 is 2.00 bits per heavy atom. The zero-order valence-corrected chi connectivity index (χ0v) is 20.3. The normalized spacial score (nSPS) is 14.8. The molecule has 0 bridgehead atoms. The molecule has 0 aliphatic carbocycles. The minimum atomic E-state index is -0.109. The summed E-state index contributed by atoms with van der Waals surface area (Å²) in [5.74, 6) is 0.762. The Morgan fingerprint density at radius 3 is 2.70 bits per heavy atom. The zero-order chi connectivity index (χ0) is 23.4. The maximum absolute atomic E-state index is 12.9. The molecule has 1 saturated heterocycles. The van der Waals surface area contributed by atoms with Gasteiger partial charge >= 0.3 is 0 Å². The first kappa shape index (κ1) is 23.0. The predicted molar refractivity (Wildman–Crippen MR) is 140 cm³/mol. The van der Waals surface area contributed by atoms with Crippen molar-refractivity contribution in [1.82, 2.24) is 14.7 Å². The van der Waals surface area contributed by atoms with Gasteiger partial charge in [-0.1, -0.05) is 55.2 Å². The minimum absolute atomic E-state index is 0.109. The topological polar surface area (TPSA) is 47.4 Å². The standard InChI is InChI=1S/C26H25N3O2S2/c1-4-13-28-25(30)23(33-26(28)32)16-20-17-29(21-9-7-6-8-10-21)27-24(20)19-11-12-22(18(3)15-19)31-14-5-2/h4,6-12,15-17H,1,5,13-14H2,2-3H3. The van der Waals surface area contributed by atoms with Gasteiger partial charge in [-0.25, -0.2) is 4.68 Å². The molecule has 5 nitrogen and oxygen atoms in total. The van der Waals surface area contributed by atoms with E-state index in [1.165, 1.54) is 11.8 Å². The third-order valence-corrected chi connectivity index (χ3v) is 6.52. The van der Waals surface area contributed by atoms with Gasteiger partial charge in [0.2, 0.25) is 0 Å². The van der Waals surface area contributed by atoms with Gasteiger partial charge in [0.15, 0.2) is 0 Å². The lowest BCUT2D eigenvalue weighted by atomic mass is 10.0. The summed E-state index contributed by atoms with van der Waals surface area (Å²) in [5.41, 5.74) is 4.58. The second-order valence-corrected chi connectivity index (χ2v) is 9.30. The van der Waals surface area contributed by atoms with Gasteiger partial charge in [0.25, 0.3) is 5.91 Å².